The van der Waals surface area contributed by atoms with Crippen LogP contribution in [0.3, 0.4) is 0 Å². The molecule has 0 bridgehead atoms. The lowest BCUT2D eigenvalue weighted by atomic mass is 10.1. The first-order valence-electron chi connectivity index (χ1n) is 6.90. The molecule has 112 valence electrons. The molecule has 0 aliphatic heterocycles. The summed E-state index contributed by atoms with van der Waals surface area (Å²) in [6, 6.07) is 12.4. The van der Waals surface area contributed by atoms with E-state index in [0.29, 0.717) is 0 Å². The zero-order valence-electron chi connectivity index (χ0n) is 12.6. The van der Waals surface area contributed by atoms with Gasteiger partial charge in [-0.3, -0.25) is 0 Å². The first-order chi connectivity index (χ1) is 10.5. The van der Waals surface area contributed by atoms with Gasteiger partial charge >= 0.3 is 0 Å². The summed E-state index contributed by atoms with van der Waals surface area (Å²) in [5, 5.41) is 8.80. The van der Waals surface area contributed by atoms with Crippen LogP contribution in [0.2, 0.25) is 0 Å². The highest BCUT2D eigenvalue weighted by molar-refractivity contribution is 9.10. The minimum Gasteiger partial charge on any atom is -0.310 e. The molecule has 3 nitrogen and oxygen atoms in total. The van der Waals surface area contributed by atoms with E-state index in [2.05, 4.69) is 80.2 Å². The van der Waals surface area contributed by atoms with E-state index in [0.717, 1.165) is 31.7 Å². The van der Waals surface area contributed by atoms with E-state index in [1.807, 2.05) is 23.7 Å². The fourth-order valence-corrected chi connectivity index (χ4v) is 3.51. The Hall–Kier alpha value is -1.46. The maximum atomic E-state index is 4.40. The minimum absolute atomic E-state index is 0.877. The van der Waals surface area contributed by atoms with Crippen molar-refractivity contribution < 1.29 is 0 Å². The van der Waals surface area contributed by atoms with Gasteiger partial charge in [-0.05, 0) is 61.4 Å². The molecule has 3 aromatic rings. The lowest BCUT2D eigenvalue weighted by molar-refractivity contribution is 0.927. The zero-order valence-corrected chi connectivity index (χ0v) is 15.7. The molecule has 5 heteroatoms. The van der Waals surface area contributed by atoms with Crippen molar-refractivity contribution in [3.05, 3.63) is 56.5 Å². The molecule has 0 aliphatic carbocycles. The summed E-state index contributed by atoms with van der Waals surface area (Å²) in [4.78, 5) is 0. The number of benzene rings is 2. The monoisotopic (exact) mass is 419 g/mol. The normalized spacial score (nSPS) is 11.0. The SMILES string of the molecule is Cc1cc(Br)ccc1-c1nnc(-c2ccc(Br)cc2C)n1C. The maximum absolute atomic E-state index is 4.40. The summed E-state index contributed by atoms with van der Waals surface area (Å²) in [5.74, 6) is 1.75. The van der Waals surface area contributed by atoms with Crippen LogP contribution < -0.4 is 0 Å². The summed E-state index contributed by atoms with van der Waals surface area (Å²) in [6.45, 7) is 4.17. The van der Waals surface area contributed by atoms with E-state index in [1.165, 1.54) is 11.1 Å². The lowest BCUT2D eigenvalue weighted by Crippen LogP contribution is -1.98. The molecule has 0 amide bonds. The molecule has 1 heterocycles. The van der Waals surface area contributed by atoms with Crippen molar-refractivity contribution in [1.82, 2.24) is 14.8 Å². The highest BCUT2D eigenvalue weighted by Crippen LogP contribution is 2.29. The van der Waals surface area contributed by atoms with Gasteiger partial charge in [-0.15, -0.1) is 10.2 Å². The number of hydrogen-bond donors (Lipinski definition) is 0. The third-order valence-corrected chi connectivity index (χ3v) is 4.72. The molecule has 0 saturated heterocycles. The predicted octanol–water partition coefficient (Wildman–Crippen LogP) is 5.29. The molecule has 0 spiro atoms. The molecule has 1 aromatic heterocycles. The fourth-order valence-electron chi connectivity index (χ4n) is 2.55. The van der Waals surface area contributed by atoms with Gasteiger partial charge in [-0.2, -0.15) is 0 Å². The van der Waals surface area contributed by atoms with E-state index in [-0.39, 0.29) is 0 Å². The quantitative estimate of drug-likeness (QED) is 0.563. The van der Waals surface area contributed by atoms with Gasteiger partial charge in [0.05, 0.1) is 0 Å². The second kappa shape index (κ2) is 5.97. The molecule has 0 radical (unpaired) electrons. The molecule has 3 rings (SSSR count). The van der Waals surface area contributed by atoms with E-state index in [4.69, 9.17) is 0 Å². The first-order valence-corrected chi connectivity index (χ1v) is 8.48. The van der Waals surface area contributed by atoms with Crippen molar-refractivity contribution in [1.29, 1.82) is 0 Å². The molecule has 0 fully saturated rings. The number of aromatic nitrogens is 3. The molecule has 22 heavy (non-hydrogen) atoms. The van der Waals surface area contributed by atoms with Crippen molar-refractivity contribution >= 4 is 31.9 Å². The van der Waals surface area contributed by atoms with E-state index in [9.17, 15) is 0 Å². The Kier molecular flexibility index (Phi) is 4.19. The Morgan fingerprint density at radius 2 is 1.18 bits per heavy atom. The number of aryl methyl sites for hydroxylation is 2. The van der Waals surface area contributed by atoms with Crippen LogP contribution in [0.5, 0.6) is 0 Å². The van der Waals surface area contributed by atoms with E-state index in [1.54, 1.807) is 0 Å². The third kappa shape index (κ3) is 2.75. The Bertz CT molecular complexity index is 784. The van der Waals surface area contributed by atoms with Gasteiger partial charge in [0.15, 0.2) is 11.6 Å². The molecule has 2 aromatic carbocycles. The van der Waals surface area contributed by atoms with Crippen LogP contribution in [-0.4, -0.2) is 14.8 Å². The van der Waals surface area contributed by atoms with Crippen molar-refractivity contribution in [2.45, 2.75) is 13.8 Å². The Morgan fingerprint density at radius 3 is 1.55 bits per heavy atom. The summed E-state index contributed by atoms with van der Waals surface area (Å²) in [5.41, 5.74) is 4.53. The van der Waals surface area contributed by atoms with Gasteiger partial charge in [-0.25, -0.2) is 0 Å². The van der Waals surface area contributed by atoms with Crippen molar-refractivity contribution in [2.75, 3.05) is 0 Å². The van der Waals surface area contributed by atoms with Gasteiger partial charge in [0, 0.05) is 27.1 Å². The molecule has 0 N–H and O–H groups in total. The van der Waals surface area contributed by atoms with Crippen LogP contribution in [0.25, 0.3) is 22.8 Å². The first kappa shape index (κ1) is 15.4. The van der Waals surface area contributed by atoms with Crippen LogP contribution in [0, 0.1) is 13.8 Å². The molecule has 0 saturated carbocycles. The van der Waals surface area contributed by atoms with Crippen LogP contribution >= 0.6 is 31.9 Å². The minimum atomic E-state index is 0.877. The Labute approximate surface area is 146 Å². The summed E-state index contributed by atoms with van der Waals surface area (Å²) in [7, 11) is 2.01. The molecule has 0 aliphatic rings. The highest BCUT2D eigenvalue weighted by Gasteiger charge is 2.15. The van der Waals surface area contributed by atoms with Gasteiger partial charge in [-0.1, -0.05) is 31.9 Å². The van der Waals surface area contributed by atoms with Gasteiger partial charge in [0.2, 0.25) is 0 Å². The summed E-state index contributed by atoms with van der Waals surface area (Å²) < 4.78 is 4.19. The van der Waals surface area contributed by atoms with Crippen LogP contribution in [0.15, 0.2) is 45.3 Å². The van der Waals surface area contributed by atoms with Gasteiger partial charge < -0.3 is 4.57 Å². The van der Waals surface area contributed by atoms with Crippen LogP contribution in [-0.2, 0) is 7.05 Å². The summed E-state index contributed by atoms with van der Waals surface area (Å²) in [6.07, 6.45) is 0. The van der Waals surface area contributed by atoms with E-state index < -0.39 is 0 Å². The number of rotatable bonds is 2. The van der Waals surface area contributed by atoms with Crippen molar-refractivity contribution in [2.24, 2.45) is 7.05 Å². The molecular weight excluding hydrogens is 406 g/mol. The average Bonchev–Trinajstić information content (AvgIpc) is 2.81. The third-order valence-electron chi connectivity index (χ3n) is 3.73. The topological polar surface area (TPSA) is 30.7 Å². The van der Waals surface area contributed by atoms with Crippen LogP contribution in [0.4, 0.5) is 0 Å². The van der Waals surface area contributed by atoms with Crippen molar-refractivity contribution in [3.63, 3.8) is 0 Å². The smallest absolute Gasteiger partial charge is 0.164 e. The predicted molar refractivity (Wildman–Crippen MR) is 96.7 cm³/mol. The highest BCUT2D eigenvalue weighted by atomic mass is 79.9. The molecule has 0 atom stereocenters. The van der Waals surface area contributed by atoms with Crippen molar-refractivity contribution in [3.8, 4) is 22.8 Å². The maximum Gasteiger partial charge on any atom is 0.164 e. The van der Waals surface area contributed by atoms with Gasteiger partial charge in [0.25, 0.3) is 0 Å². The second-order valence-corrected chi connectivity index (χ2v) is 7.16. The van der Waals surface area contributed by atoms with Crippen LogP contribution in [0.1, 0.15) is 11.1 Å². The summed E-state index contributed by atoms with van der Waals surface area (Å²) >= 11 is 7.00. The average molecular weight is 421 g/mol. The fraction of sp³-hybridized carbons (Fsp3) is 0.176. The number of hydrogen-bond acceptors (Lipinski definition) is 2. The lowest BCUT2D eigenvalue weighted by Gasteiger charge is -2.09. The molecule has 0 unspecified atom stereocenters. The van der Waals surface area contributed by atoms with Gasteiger partial charge in [0.1, 0.15) is 0 Å². The zero-order chi connectivity index (χ0) is 15.9. The largest absolute Gasteiger partial charge is 0.310 e. The Balaban J connectivity index is 2.13. The molecular formula is C17H15Br2N3. The van der Waals surface area contributed by atoms with E-state index >= 15 is 0 Å². The second-order valence-electron chi connectivity index (χ2n) is 5.32. The number of nitrogens with zero attached hydrogens (tertiary/aromatic N) is 3. The number of halogens is 2. The Morgan fingerprint density at radius 1 is 0.773 bits per heavy atom. The standard InChI is InChI=1S/C17H15Br2N3/c1-10-8-12(18)4-6-14(10)16-20-21-17(22(16)3)15-7-5-13(19)9-11(15)2/h4-9H,1-3H3.